The first kappa shape index (κ1) is 29.8. The van der Waals surface area contributed by atoms with E-state index in [1.54, 1.807) is 6.92 Å². The van der Waals surface area contributed by atoms with E-state index in [1.807, 2.05) is 14.1 Å². The summed E-state index contributed by atoms with van der Waals surface area (Å²) in [4.78, 5) is 23.3. The minimum atomic E-state index is -0.745. The summed E-state index contributed by atoms with van der Waals surface area (Å²) in [5, 5.41) is 10.8. The van der Waals surface area contributed by atoms with E-state index in [-0.39, 0.29) is 18.5 Å². The van der Waals surface area contributed by atoms with Gasteiger partial charge in [0.2, 0.25) is 5.91 Å². The Bertz CT molecular complexity index is 409. The molecular formula is C24H48N2O3. The van der Waals surface area contributed by atoms with Crippen molar-refractivity contribution in [2.45, 2.75) is 117 Å². The molecule has 0 aromatic heterocycles. The molecule has 0 spiro atoms. The average molecular weight is 413 g/mol. The summed E-state index contributed by atoms with van der Waals surface area (Å²) in [6.45, 7) is 5.96. The maximum Gasteiger partial charge on any atom is 0.303 e. The average Bonchev–Trinajstić information content (AvgIpc) is 2.69. The number of amides is 1. The van der Waals surface area contributed by atoms with Crippen LogP contribution in [-0.2, 0) is 9.59 Å². The zero-order valence-corrected chi connectivity index (χ0v) is 19.8. The quantitative estimate of drug-likeness (QED) is 0.171. The van der Waals surface area contributed by atoms with Crippen LogP contribution in [0.3, 0.4) is 0 Å². The highest BCUT2D eigenvalue weighted by Gasteiger charge is 2.11. The number of nitrogens with one attached hydrogen (secondary N) is 1. The van der Waals surface area contributed by atoms with E-state index >= 15 is 0 Å². The number of carbonyl (C=O) groups excluding carboxylic acids is 1. The Morgan fingerprint density at radius 1 is 0.862 bits per heavy atom. The number of rotatable bonds is 17. The highest BCUT2D eigenvalue weighted by atomic mass is 16.4. The SMILES string of the molecule is CCC(=O)O.CCCCCC/C=C\CCCCCCCC(=O)NC(CC)N(C)C. The first-order chi connectivity index (χ1) is 13.9. The molecular weight excluding hydrogens is 364 g/mol. The molecule has 0 bridgehead atoms. The Morgan fingerprint density at radius 2 is 1.34 bits per heavy atom. The summed E-state index contributed by atoms with van der Waals surface area (Å²) >= 11 is 0. The minimum absolute atomic E-state index is 0.172. The second-order valence-electron chi connectivity index (χ2n) is 7.83. The molecule has 0 saturated heterocycles. The molecule has 1 unspecified atom stereocenters. The van der Waals surface area contributed by atoms with Crippen molar-refractivity contribution < 1.29 is 14.7 Å². The van der Waals surface area contributed by atoms with Gasteiger partial charge in [-0.05, 0) is 52.6 Å². The fraction of sp³-hybridized carbons (Fsp3) is 0.833. The molecule has 29 heavy (non-hydrogen) atoms. The maximum absolute atomic E-state index is 11.9. The van der Waals surface area contributed by atoms with E-state index in [9.17, 15) is 9.59 Å². The van der Waals surface area contributed by atoms with E-state index in [0.717, 1.165) is 12.8 Å². The number of nitrogens with zero attached hydrogens (tertiary/aromatic N) is 1. The highest BCUT2D eigenvalue weighted by Crippen LogP contribution is 2.09. The lowest BCUT2D eigenvalue weighted by Gasteiger charge is -2.23. The topological polar surface area (TPSA) is 69.6 Å². The second kappa shape index (κ2) is 22.9. The number of carboxylic acid groups (broad SMARTS) is 1. The summed E-state index contributed by atoms with van der Waals surface area (Å²) in [6.07, 6.45) is 20.6. The molecule has 0 aliphatic carbocycles. The van der Waals surface area contributed by atoms with E-state index in [0.29, 0.717) is 6.42 Å². The predicted molar refractivity (Wildman–Crippen MR) is 124 cm³/mol. The number of carboxylic acids is 1. The van der Waals surface area contributed by atoms with Crippen molar-refractivity contribution in [2.75, 3.05) is 14.1 Å². The Hall–Kier alpha value is -1.36. The van der Waals surface area contributed by atoms with Crippen molar-refractivity contribution in [2.24, 2.45) is 0 Å². The van der Waals surface area contributed by atoms with Crippen LogP contribution in [0.5, 0.6) is 0 Å². The third-order valence-electron chi connectivity index (χ3n) is 4.81. The largest absolute Gasteiger partial charge is 0.481 e. The van der Waals surface area contributed by atoms with Crippen molar-refractivity contribution in [1.82, 2.24) is 10.2 Å². The Labute approximate surface area is 180 Å². The molecule has 172 valence electrons. The van der Waals surface area contributed by atoms with Crippen molar-refractivity contribution in [3.8, 4) is 0 Å². The monoisotopic (exact) mass is 412 g/mol. The molecule has 5 nitrogen and oxygen atoms in total. The van der Waals surface area contributed by atoms with Gasteiger partial charge in [0.25, 0.3) is 0 Å². The summed E-state index contributed by atoms with van der Waals surface area (Å²) in [5.41, 5.74) is 0. The van der Waals surface area contributed by atoms with Crippen LogP contribution in [0.25, 0.3) is 0 Å². The minimum Gasteiger partial charge on any atom is -0.481 e. The maximum atomic E-state index is 11.9. The van der Waals surface area contributed by atoms with Gasteiger partial charge in [-0.25, -0.2) is 0 Å². The van der Waals surface area contributed by atoms with Crippen molar-refractivity contribution in [1.29, 1.82) is 0 Å². The van der Waals surface area contributed by atoms with E-state index in [4.69, 9.17) is 5.11 Å². The Morgan fingerprint density at radius 3 is 1.79 bits per heavy atom. The van der Waals surface area contributed by atoms with Crippen LogP contribution in [0.15, 0.2) is 12.2 Å². The molecule has 0 saturated carbocycles. The number of allylic oxidation sites excluding steroid dienone is 2. The predicted octanol–water partition coefficient (Wildman–Crippen LogP) is 6.14. The number of hydrogen-bond acceptors (Lipinski definition) is 3. The van der Waals surface area contributed by atoms with Gasteiger partial charge in [-0.3, -0.25) is 14.5 Å². The number of unbranched alkanes of at least 4 members (excludes halogenated alkanes) is 9. The number of carbonyl (C=O) groups is 2. The summed E-state index contributed by atoms with van der Waals surface area (Å²) in [7, 11) is 4.02. The molecule has 0 radical (unpaired) electrons. The van der Waals surface area contributed by atoms with Crippen LogP contribution in [0.4, 0.5) is 0 Å². The van der Waals surface area contributed by atoms with Gasteiger partial charge in [0, 0.05) is 12.8 Å². The van der Waals surface area contributed by atoms with Gasteiger partial charge in [0.15, 0.2) is 0 Å². The molecule has 0 aromatic carbocycles. The Balaban J connectivity index is 0. The lowest BCUT2D eigenvalue weighted by molar-refractivity contribution is -0.136. The molecule has 1 atom stereocenters. The van der Waals surface area contributed by atoms with Crippen LogP contribution in [-0.4, -0.2) is 42.1 Å². The summed E-state index contributed by atoms with van der Waals surface area (Å²) in [6, 6.07) is 0. The van der Waals surface area contributed by atoms with Crippen LogP contribution < -0.4 is 5.32 Å². The molecule has 0 aliphatic rings. The lowest BCUT2D eigenvalue weighted by atomic mass is 10.1. The standard InChI is InChI=1S/C21H42N2O.C3H6O2/c1-5-7-8-9-10-11-12-13-14-15-16-17-18-19-21(24)22-20(6-2)23(3)4;1-2-3(4)5/h11-12,20H,5-10,13-19H2,1-4H3,(H,22,24);2H2,1H3,(H,4,5)/b12-11-;. The molecule has 0 fully saturated rings. The molecule has 1 amide bonds. The van der Waals surface area contributed by atoms with Gasteiger partial charge in [0.05, 0.1) is 6.17 Å². The Kier molecular flexibility index (Phi) is 23.6. The molecule has 5 heteroatoms. The van der Waals surface area contributed by atoms with Crippen LogP contribution in [0.1, 0.15) is 111 Å². The van der Waals surface area contributed by atoms with Crippen LogP contribution in [0.2, 0.25) is 0 Å². The molecule has 0 heterocycles. The van der Waals surface area contributed by atoms with Gasteiger partial charge in [-0.15, -0.1) is 0 Å². The molecule has 2 N–H and O–H groups in total. The van der Waals surface area contributed by atoms with Gasteiger partial charge in [-0.1, -0.05) is 71.4 Å². The van der Waals surface area contributed by atoms with E-state index in [1.165, 1.54) is 64.2 Å². The van der Waals surface area contributed by atoms with Gasteiger partial charge in [0.1, 0.15) is 0 Å². The summed E-state index contributed by atoms with van der Waals surface area (Å²) < 4.78 is 0. The zero-order valence-electron chi connectivity index (χ0n) is 19.8. The number of hydrogen-bond donors (Lipinski definition) is 2. The first-order valence-corrected chi connectivity index (χ1v) is 11.7. The van der Waals surface area contributed by atoms with Gasteiger partial charge in [-0.2, -0.15) is 0 Å². The third-order valence-corrected chi connectivity index (χ3v) is 4.81. The van der Waals surface area contributed by atoms with Crippen molar-refractivity contribution >= 4 is 11.9 Å². The highest BCUT2D eigenvalue weighted by molar-refractivity contribution is 5.76. The molecule has 0 rings (SSSR count). The fourth-order valence-corrected chi connectivity index (χ4v) is 2.86. The van der Waals surface area contributed by atoms with Crippen LogP contribution >= 0.6 is 0 Å². The zero-order chi connectivity index (χ0) is 22.3. The lowest BCUT2D eigenvalue weighted by Crippen LogP contribution is -2.44. The van der Waals surface area contributed by atoms with Gasteiger partial charge >= 0.3 is 5.97 Å². The van der Waals surface area contributed by atoms with Crippen molar-refractivity contribution in [3.05, 3.63) is 12.2 Å². The van der Waals surface area contributed by atoms with Crippen LogP contribution in [0, 0.1) is 0 Å². The smallest absolute Gasteiger partial charge is 0.303 e. The second-order valence-corrected chi connectivity index (χ2v) is 7.83. The molecule has 0 aliphatic heterocycles. The van der Waals surface area contributed by atoms with Gasteiger partial charge < -0.3 is 10.4 Å². The normalized spacial score (nSPS) is 11.9. The summed E-state index contributed by atoms with van der Waals surface area (Å²) in [5.74, 6) is -0.549. The number of aliphatic carboxylic acids is 1. The first-order valence-electron chi connectivity index (χ1n) is 11.7. The third kappa shape index (κ3) is 24.6. The fourth-order valence-electron chi connectivity index (χ4n) is 2.86. The van der Waals surface area contributed by atoms with Crippen molar-refractivity contribution in [3.63, 3.8) is 0 Å². The van der Waals surface area contributed by atoms with E-state index < -0.39 is 5.97 Å². The van der Waals surface area contributed by atoms with E-state index in [2.05, 4.69) is 36.2 Å². The molecule has 0 aromatic rings.